The molecule has 9 heteroatoms. The number of hydrogen-bond acceptors (Lipinski definition) is 4. The molecule has 1 heterocycles. The van der Waals surface area contributed by atoms with Crippen LogP contribution >= 0.6 is 11.6 Å². The van der Waals surface area contributed by atoms with Gasteiger partial charge in [-0.2, -0.15) is 4.31 Å². The number of rotatable bonds is 8. The van der Waals surface area contributed by atoms with Crippen LogP contribution in [0, 0.1) is 5.82 Å². The Morgan fingerprint density at radius 3 is 2.40 bits per heavy atom. The van der Waals surface area contributed by atoms with E-state index in [9.17, 15) is 17.6 Å². The number of piperazine rings is 1. The van der Waals surface area contributed by atoms with Crippen molar-refractivity contribution in [1.82, 2.24) is 9.62 Å². The van der Waals surface area contributed by atoms with Gasteiger partial charge in [-0.1, -0.05) is 0 Å². The van der Waals surface area contributed by atoms with Gasteiger partial charge in [-0.3, -0.25) is 4.79 Å². The van der Waals surface area contributed by atoms with Crippen molar-refractivity contribution in [3.05, 3.63) is 30.1 Å². The van der Waals surface area contributed by atoms with Crippen molar-refractivity contribution in [2.45, 2.75) is 12.8 Å². The van der Waals surface area contributed by atoms with Crippen LogP contribution in [0.4, 0.5) is 10.1 Å². The third kappa shape index (κ3) is 6.13. The lowest BCUT2D eigenvalue weighted by Gasteiger charge is -2.35. The number of nitrogens with zero attached hydrogens (tertiary/aromatic N) is 2. The Hall–Kier alpha value is -1.38. The van der Waals surface area contributed by atoms with E-state index in [2.05, 4.69) is 5.32 Å². The number of benzene rings is 1. The number of amides is 1. The first kappa shape index (κ1) is 19.9. The summed E-state index contributed by atoms with van der Waals surface area (Å²) < 4.78 is 39.1. The minimum Gasteiger partial charge on any atom is -0.369 e. The molecular weight excluding hydrogens is 369 g/mol. The first-order valence-corrected chi connectivity index (χ1v) is 10.4. The fraction of sp³-hybridized carbons (Fsp3) is 0.562. The van der Waals surface area contributed by atoms with Gasteiger partial charge < -0.3 is 10.2 Å². The zero-order chi connectivity index (χ0) is 18.3. The molecule has 1 fully saturated rings. The van der Waals surface area contributed by atoms with Crippen molar-refractivity contribution in [2.75, 3.05) is 49.3 Å². The molecule has 0 atom stereocenters. The number of alkyl halides is 1. The van der Waals surface area contributed by atoms with E-state index in [4.69, 9.17) is 11.6 Å². The molecule has 1 aromatic carbocycles. The second-order valence-electron chi connectivity index (χ2n) is 5.82. The Bertz CT molecular complexity index is 662. The van der Waals surface area contributed by atoms with Crippen molar-refractivity contribution in [1.29, 1.82) is 0 Å². The van der Waals surface area contributed by atoms with Crippen molar-refractivity contribution in [3.8, 4) is 0 Å². The number of nitrogens with one attached hydrogen (secondary N) is 1. The Balaban J connectivity index is 1.78. The standard InChI is InChI=1S/C16H23ClFN3O3S/c17-7-1-2-16(22)19-8-13-25(23,24)21-11-9-20(10-12-21)15-5-3-14(18)4-6-15/h3-6H,1-2,7-13H2,(H,19,22). The molecule has 0 aromatic heterocycles. The molecule has 6 nitrogen and oxygen atoms in total. The van der Waals surface area contributed by atoms with Gasteiger partial charge in [0, 0.05) is 50.7 Å². The van der Waals surface area contributed by atoms with Gasteiger partial charge in [0.25, 0.3) is 0 Å². The van der Waals surface area contributed by atoms with Crippen LogP contribution in [-0.2, 0) is 14.8 Å². The maximum absolute atomic E-state index is 13.0. The highest BCUT2D eigenvalue weighted by Gasteiger charge is 2.26. The highest BCUT2D eigenvalue weighted by atomic mass is 35.5. The molecule has 1 aromatic rings. The first-order valence-electron chi connectivity index (χ1n) is 8.23. The van der Waals surface area contributed by atoms with Crippen molar-refractivity contribution in [3.63, 3.8) is 0 Å². The molecule has 140 valence electrons. The quantitative estimate of drug-likeness (QED) is 0.680. The number of sulfonamides is 1. The van der Waals surface area contributed by atoms with E-state index in [0.29, 0.717) is 44.9 Å². The lowest BCUT2D eigenvalue weighted by Crippen LogP contribution is -2.50. The molecule has 2 rings (SSSR count). The van der Waals surface area contributed by atoms with Gasteiger partial charge in [-0.15, -0.1) is 11.6 Å². The summed E-state index contributed by atoms with van der Waals surface area (Å²) in [6.45, 7) is 1.95. The van der Waals surface area contributed by atoms with Crippen molar-refractivity contribution < 1.29 is 17.6 Å². The summed E-state index contributed by atoms with van der Waals surface area (Å²) in [5, 5.41) is 2.60. The summed E-state index contributed by atoms with van der Waals surface area (Å²) in [5.74, 6) is -0.185. The van der Waals surface area contributed by atoms with Gasteiger partial charge in [-0.05, 0) is 30.7 Å². The van der Waals surface area contributed by atoms with Crippen LogP contribution in [0.15, 0.2) is 24.3 Å². The molecule has 0 aliphatic carbocycles. The number of carbonyl (C=O) groups excluding carboxylic acids is 1. The third-order valence-corrected chi connectivity index (χ3v) is 6.18. The molecule has 1 N–H and O–H groups in total. The zero-order valence-corrected chi connectivity index (χ0v) is 15.5. The molecule has 1 amide bonds. The summed E-state index contributed by atoms with van der Waals surface area (Å²) in [6, 6.07) is 6.17. The molecular formula is C16H23ClFN3O3S. The van der Waals surface area contributed by atoms with E-state index < -0.39 is 10.0 Å². The lowest BCUT2D eigenvalue weighted by molar-refractivity contribution is -0.120. The van der Waals surface area contributed by atoms with Gasteiger partial charge >= 0.3 is 0 Å². The van der Waals surface area contributed by atoms with Gasteiger partial charge in [0.2, 0.25) is 15.9 Å². The maximum atomic E-state index is 13.0. The van der Waals surface area contributed by atoms with E-state index in [1.807, 2.05) is 4.90 Å². The minimum absolute atomic E-state index is 0.0988. The van der Waals surface area contributed by atoms with Crippen molar-refractivity contribution >= 4 is 33.2 Å². The smallest absolute Gasteiger partial charge is 0.220 e. The topological polar surface area (TPSA) is 69.7 Å². The van der Waals surface area contributed by atoms with E-state index in [1.165, 1.54) is 16.4 Å². The van der Waals surface area contributed by atoms with Gasteiger partial charge in [0.1, 0.15) is 5.82 Å². The van der Waals surface area contributed by atoms with Crippen LogP contribution in [-0.4, -0.2) is 63.0 Å². The summed E-state index contributed by atoms with van der Waals surface area (Å²) in [7, 11) is -3.41. The van der Waals surface area contributed by atoms with Crippen LogP contribution in [0.3, 0.4) is 0 Å². The molecule has 1 aliphatic heterocycles. The van der Waals surface area contributed by atoms with Gasteiger partial charge in [-0.25, -0.2) is 12.8 Å². The second-order valence-corrected chi connectivity index (χ2v) is 8.29. The van der Waals surface area contributed by atoms with Crippen LogP contribution in [0.25, 0.3) is 0 Å². The number of hydrogen-bond donors (Lipinski definition) is 1. The highest BCUT2D eigenvalue weighted by molar-refractivity contribution is 7.89. The molecule has 0 radical (unpaired) electrons. The third-order valence-electron chi connectivity index (χ3n) is 4.04. The van der Waals surface area contributed by atoms with E-state index in [-0.39, 0.29) is 24.0 Å². The average Bonchev–Trinajstić information content (AvgIpc) is 2.60. The minimum atomic E-state index is -3.41. The van der Waals surface area contributed by atoms with Gasteiger partial charge in [0.05, 0.1) is 5.75 Å². The van der Waals surface area contributed by atoms with E-state index >= 15 is 0 Å². The molecule has 0 spiro atoms. The Morgan fingerprint density at radius 2 is 1.80 bits per heavy atom. The largest absolute Gasteiger partial charge is 0.369 e. The first-order chi connectivity index (χ1) is 11.9. The van der Waals surface area contributed by atoms with Crippen LogP contribution in [0.2, 0.25) is 0 Å². The molecule has 0 unspecified atom stereocenters. The normalized spacial score (nSPS) is 16.0. The average molecular weight is 392 g/mol. The summed E-state index contributed by atoms with van der Waals surface area (Å²) in [6.07, 6.45) is 0.880. The SMILES string of the molecule is O=C(CCCCl)NCCS(=O)(=O)N1CCN(c2ccc(F)cc2)CC1. The molecule has 0 saturated carbocycles. The van der Waals surface area contributed by atoms with Crippen LogP contribution in [0.1, 0.15) is 12.8 Å². The zero-order valence-electron chi connectivity index (χ0n) is 14.0. The van der Waals surface area contributed by atoms with Crippen LogP contribution in [0.5, 0.6) is 0 Å². The molecule has 0 bridgehead atoms. The monoisotopic (exact) mass is 391 g/mol. The number of carbonyl (C=O) groups is 1. The Morgan fingerprint density at radius 1 is 1.16 bits per heavy atom. The number of anilines is 1. The second kappa shape index (κ2) is 9.35. The predicted molar refractivity (Wildman–Crippen MR) is 96.9 cm³/mol. The fourth-order valence-electron chi connectivity index (χ4n) is 2.64. The Kier molecular flexibility index (Phi) is 7.46. The highest BCUT2D eigenvalue weighted by Crippen LogP contribution is 2.18. The Labute approximate surface area is 153 Å². The van der Waals surface area contributed by atoms with Crippen molar-refractivity contribution in [2.24, 2.45) is 0 Å². The predicted octanol–water partition coefficient (Wildman–Crippen LogP) is 1.41. The molecule has 1 aliphatic rings. The molecule has 25 heavy (non-hydrogen) atoms. The summed E-state index contributed by atoms with van der Waals surface area (Å²) in [4.78, 5) is 13.5. The van der Waals surface area contributed by atoms with Crippen LogP contribution < -0.4 is 10.2 Å². The summed E-state index contributed by atoms with van der Waals surface area (Å²) >= 11 is 5.51. The van der Waals surface area contributed by atoms with E-state index in [1.54, 1.807) is 12.1 Å². The van der Waals surface area contributed by atoms with E-state index in [0.717, 1.165) is 5.69 Å². The maximum Gasteiger partial charge on any atom is 0.220 e. The molecule has 1 saturated heterocycles. The lowest BCUT2D eigenvalue weighted by atomic mass is 10.2. The van der Waals surface area contributed by atoms with Gasteiger partial charge in [0.15, 0.2) is 0 Å². The fourth-order valence-corrected chi connectivity index (χ4v) is 4.11. The summed E-state index contributed by atoms with van der Waals surface area (Å²) in [5.41, 5.74) is 0.880. The number of halogens is 2.